The molecule has 1 saturated heterocycles. The van der Waals surface area contributed by atoms with Crippen LogP contribution in [0.15, 0.2) is 55.0 Å². The Morgan fingerprint density at radius 2 is 2.08 bits per heavy atom. The summed E-state index contributed by atoms with van der Waals surface area (Å²) in [5.41, 5.74) is 2.91. The van der Waals surface area contributed by atoms with Crippen molar-refractivity contribution < 1.29 is 9.18 Å². The molecule has 26 heavy (non-hydrogen) atoms. The zero-order valence-electron chi connectivity index (χ0n) is 14.2. The van der Waals surface area contributed by atoms with E-state index in [-0.39, 0.29) is 17.8 Å². The molecule has 1 aliphatic rings. The number of rotatable bonds is 4. The van der Waals surface area contributed by atoms with Gasteiger partial charge >= 0.3 is 0 Å². The van der Waals surface area contributed by atoms with Crippen LogP contribution < -0.4 is 0 Å². The minimum Gasteiger partial charge on any atom is -0.334 e. The molecule has 6 heteroatoms. The molecule has 1 amide bonds. The van der Waals surface area contributed by atoms with Gasteiger partial charge in [0, 0.05) is 30.1 Å². The Morgan fingerprint density at radius 1 is 1.19 bits per heavy atom. The highest BCUT2D eigenvalue weighted by atomic mass is 19.1. The molecule has 0 spiro atoms. The molecule has 3 aromatic rings. The van der Waals surface area contributed by atoms with Gasteiger partial charge in [0.15, 0.2) is 0 Å². The first-order valence-corrected chi connectivity index (χ1v) is 8.70. The lowest BCUT2D eigenvalue weighted by atomic mass is 10.00. The van der Waals surface area contributed by atoms with E-state index in [1.165, 1.54) is 6.07 Å². The summed E-state index contributed by atoms with van der Waals surface area (Å²) in [7, 11) is 0. The first-order chi connectivity index (χ1) is 12.7. The second-order valence-electron chi connectivity index (χ2n) is 6.46. The van der Waals surface area contributed by atoms with Gasteiger partial charge in [-0.1, -0.05) is 24.3 Å². The second kappa shape index (κ2) is 7.07. The van der Waals surface area contributed by atoms with Gasteiger partial charge in [-0.3, -0.25) is 14.9 Å². The first-order valence-electron chi connectivity index (χ1n) is 8.70. The number of aromatic amines is 1. The van der Waals surface area contributed by atoms with Crippen molar-refractivity contribution in [3.8, 4) is 11.1 Å². The number of halogens is 1. The molecule has 0 saturated carbocycles. The van der Waals surface area contributed by atoms with E-state index in [1.807, 2.05) is 17.0 Å². The van der Waals surface area contributed by atoms with E-state index in [4.69, 9.17) is 0 Å². The molecular formula is C20H19FN4O. The summed E-state index contributed by atoms with van der Waals surface area (Å²) in [6.07, 6.45) is 7.10. The number of carbonyl (C=O) groups is 1. The van der Waals surface area contributed by atoms with Gasteiger partial charge in [-0.25, -0.2) is 4.39 Å². The van der Waals surface area contributed by atoms with Crippen LogP contribution in [0.3, 0.4) is 0 Å². The zero-order chi connectivity index (χ0) is 17.9. The second-order valence-corrected chi connectivity index (χ2v) is 6.46. The molecule has 132 valence electrons. The maximum Gasteiger partial charge on any atom is 0.227 e. The Morgan fingerprint density at radius 3 is 2.88 bits per heavy atom. The molecule has 1 aliphatic heterocycles. The van der Waals surface area contributed by atoms with Crippen molar-refractivity contribution in [3.05, 3.63) is 72.1 Å². The Bertz CT molecular complexity index is 909. The number of aromatic nitrogens is 3. The maximum atomic E-state index is 14.2. The van der Waals surface area contributed by atoms with Crippen LogP contribution in [0.4, 0.5) is 4.39 Å². The Kier molecular flexibility index (Phi) is 4.48. The van der Waals surface area contributed by atoms with Crippen LogP contribution in [0.5, 0.6) is 0 Å². The fraction of sp³-hybridized carbons (Fsp3) is 0.250. The summed E-state index contributed by atoms with van der Waals surface area (Å²) in [5.74, 6) is -0.240. The molecular weight excluding hydrogens is 331 g/mol. The number of carbonyl (C=O) groups excluding carboxylic acids is 1. The van der Waals surface area contributed by atoms with Gasteiger partial charge in [-0.2, -0.15) is 5.10 Å². The number of likely N-dealkylation sites (tertiary alicyclic amines) is 1. The van der Waals surface area contributed by atoms with Crippen molar-refractivity contribution in [3.63, 3.8) is 0 Å². The van der Waals surface area contributed by atoms with E-state index in [2.05, 4.69) is 15.2 Å². The molecule has 0 radical (unpaired) electrons. The predicted molar refractivity (Wildman–Crippen MR) is 95.6 cm³/mol. The Balaban J connectivity index is 1.61. The number of amides is 1. The van der Waals surface area contributed by atoms with E-state index < -0.39 is 0 Å². The molecule has 1 atom stereocenters. The van der Waals surface area contributed by atoms with Gasteiger partial charge in [0.2, 0.25) is 5.91 Å². The van der Waals surface area contributed by atoms with Crippen LogP contribution in [-0.2, 0) is 11.2 Å². The van der Waals surface area contributed by atoms with Crippen molar-refractivity contribution in [1.29, 1.82) is 0 Å². The highest BCUT2D eigenvalue weighted by Gasteiger charge is 2.33. The maximum absolute atomic E-state index is 14.2. The SMILES string of the molecule is O=C(Cc1cccnc1)N1CCC[C@H]1c1[nH]ncc1-c1ccccc1F. The molecule has 2 aromatic heterocycles. The van der Waals surface area contributed by atoms with Crippen molar-refractivity contribution in [2.24, 2.45) is 0 Å². The monoisotopic (exact) mass is 350 g/mol. The van der Waals surface area contributed by atoms with Crippen LogP contribution in [0.25, 0.3) is 11.1 Å². The van der Waals surface area contributed by atoms with Crippen molar-refractivity contribution in [1.82, 2.24) is 20.1 Å². The topological polar surface area (TPSA) is 61.9 Å². The quantitative estimate of drug-likeness (QED) is 0.783. The van der Waals surface area contributed by atoms with Crippen LogP contribution >= 0.6 is 0 Å². The van der Waals surface area contributed by atoms with Crippen molar-refractivity contribution in [2.75, 3.05) is 6.54 Å². The molecule has 4 rings (SSSR count). The van der Waals surface area contributed by atoms with Crippen molar-refractivity contribution in [2.45, 2.75) is 25.3 Å². The van der Waals surface area contributed by atoms with Gasteiger partial charge in [0.05, 0.1) is 24.4 Å². The Hall–Kier alpha value is -3.02. The molecule has 5 nitrogen and oxygen atoms in total. The number of hydrogen-bond donors (Lipinski definition) is 1. The van der Waals surface area contributed by atoms with Gasteiger partial charge in [0.1, 0.15) is 5.82 Å². The molecule has 1 N–H and O–H groups in total. The summed E-state index contributed by atoms with van der Waals surface area (Å²) in [4.78, 5) is 18.8. The molecule has 0 aliphatic carbocycles. The standard InChI is InChI=1S/C20H19FN4O/c21-17-7-2-1-6-15(17)16-13-23-24-20(16)18-8-4-10-25(18)19(26)11-14-5-3-9-22-12-14/h1-3,5-7,9,12-13,18H,4,8,10-11H2,(H,23,24)/t18-/m0/s1. The summed E-state index contributed by atoms with van der Waals surface area (Å²) >= 11 is 0. The van der Waals surface area contributed by atoms with Gasteiger partial charge in [-0.05, 0) is 30.5 Å². The minimum atomic E-state index is -0.290. The Labute approximate surface area is 150 Å². The van der Waals surface area contributed by atoms with Gasteiger partial charge < -0.3 is 4.90 Å². The highest BCUT2D eigenvalue weighted by molar-refractivity contribution is 5.80. The van der Waals surface area contributed by atoms with Crippen molar-refractivity contribution >= 4 is 5.91 Å². The third-order valence-electron chi connectivity index (χ3n) is 4.82. The van der Waals surface area contributed by atoms with E-state index >= 15 is 0 Å². The first kappa shape index (κ1) is 16.4. The van der Waals surface area contributed by atoms with E-state index in [0.717, 1.165) is 24.1 Å². The average molecular weight is 350 g/mol. The van der Waals surface area contributed by atoms with Crippen LogP contribution in [-0.4, -0.2) is 32.5 Å². The summed E-state index contributed by atoms with van der Waals surface area (Å²) in [5, 5.41) is 7.12. The normalized spacial score (nSPS) is 16.8. The van der Waals surface area contributed by atoms with Crippen LogP contribution in [0.1, 0.15) is 30.1 Å². The van der Waals surface area contributed by atoms with Crippen LogP contribution in [0, 0.1) is 5.82 Å². The molecule has 0 bridgehead atoms. The van der Waals surface area contributed by atoms with E-state index in [1.54, 1.807) is 36.8 Å². The summed E-state index contributed by atoms with van der Waals surface area (Å²) in [6.45, 7) is 0.694. The minimum absolute atomic E-state index is 0.0505. The molecule has 3 heterocycles. The third-order valence-corrected chi connectivity index (χ3v) is 4.82. The number of nitrogens with one attached hydrogen (secondary N) is 1. The number of nitrogens with zero attached hydrogens (tertiary/aromatic N) is 3. The third kappa shape index (κ3) is 3.10. The smallest absolute Gasteiger partial charge is 0.227 e. The highest BCUT2D eigenvalue weighted by Crippen LogP contribution is 2.37. The molecule has 0 unspecified atom stereocenters. The van der Waals surface area contributed by atoms with Crippen LogP contribution in [0.2, 0.25) is 0 Å². The zero-order valence-corrected chi connectivity index (χ0v) is 14.2. The van der Waals surface area contributed by atoms with Gasteiger partial charge in [-0.15, -0.1) is 0 Å². The molecule has 1 aromatic carbocycles. The lowest BCUT2D eigenvalue weighted by Crippen LogP contribution is -2.32. The fourth-order valence-corrected chi connectivity index (χ4v) is 3.59. The van der Waals surface area contributed by atoms with E-state index in [0.29, 0.717) is 24.1 Å². The predicted octanol–water partition coefficient (Wildman–Crippen LogP) is 3.52. The fourth-order valence-electron chi connectivity index (χ4n) is 3.59. The largest absolute Gasteiger partial charge is 0.334 e. The number of hydrogen-bond acceptors (Lipinski definition) is 3. The lowest BCUT2D eigenvalue weighted by molar-refractivity contribution is -0.131. The lowest BCUT2D eigenvalue weighted by Gasteiger charge is -2.25. The van der Waals surface area contributed by atoms with E-state index in [9.17, 15) is 9.18 Å². The summed E-state index contributed by atoms with van der Waals surface area (Å²) in [6, 6.07) is 10.3. The number of H-pyrrole nitrogens is 1. The number of benzene rings is 1. The number of pyridine rings is 1. The molecule has 1 fully saturated rings. The van der Waals surface area contributed by atoms with Gasteiger partial charge in [0.25, 0.3) is 0 Å². The average Bonchev–Trinajstić information content (AvgIpc) is 3.32. The summed E-state index contributed by atoms with van der Waals surface area (Å²) < 4.78 is 14.2.